The van der Waals surface area contributed by atoms with Crippen molar-refractivity contribution in [2.75, 3.05) is 43.0 Å². The highest BCUT2D eigenvalue weighted by atomic mass is 35.5. The Morgan fingerprint density at radius 2 is 2.00 bits per heavy atom. The summed E-state index contributed by atoms with van der Waals surface area (Å²) in [6.45, 7) is 10.4. The Bertz CT molecular complexity index is 1210. The first-order chi connectivity index (χ1) is 16.3. The van der Waals surface area contributed by atoms with Crippen molar-refractivity contribution >= 4 is 45.5 Å². The van der Waals surface area contributed by atoms with Gasteiger partial charge in [0.1, 0.15) is 11.6 Å². The van der Waals surface area contributed by atoms with Gasteiger partial charge in [-0.05, 0) is 39.0 Å². The van der Waals surface area contributed by atoms with Crippen molar-refractivity contribution in [3.63, 3.8) is 0 Å². The van der Waals surface area contributed by atoms with Crippen molar-refractivity contribution in [3.05, 3.63) is 52.9 Å². The lowest BCUT2D eigenvalue weighted by Gasteiger charge is -2.38. The molecule has 0 atom stereocenters. The number of nitrogens with one attached hydrogen (secondary N) is 1. The van der Waals surface area contributed by atoms with Crippen molar-refractivity contribution < 1.29 is 13.9 Å². The van der Waals surface area contributed by atoms with Crippen LogP contribution in [0.2, 0.25) is 5.02 Å². The highest BCUT2D eigenvalue weighted by Crippen LogP contribution is 2.39. The maximum absolute atomic E-state index is 14.1. The second-order valence-corrected chi connectivity index (χ2v) is 8.90. The number of carbonyl (C=O) groups excluding carboxylic acids is 1. The zero-order chi connectivity index (χ0) is 24.4. The molecule has 34 heavy (non-hydrogen) atoms. The molecule has 1 aliphatic heterocycles. The third-order valence-electron chi connectivity index (χ3n) is 6.11. The normalized spacial score (nSPS) is 14.6. The summed E-state index contributed by atoms with van der Waals surface area (Å²) in [6, 6.07) is 8.77. The number of hydrogen-bond donors (Lipinski definition) is 2. The minimum atomic E-state index is -0.648. The van der Waals surface area contributed by atoms with Crippen LogP contribution >= 0.6 is 11.6 Å². The third kappa shape index (κ3) is 4.74. The number of primary amides is 1. The van der Waals surface area contributed by atoms with Gasteiger partial charge in [0, 0.05) is 49.9 Å². The standard InChI is InChI=1S/C25H29ClFN5O2/c1-4-34-22-13-20-16(12-21(22)32-10-8-31(9-11-32)15(2)3)24(17(14-29-20)25(28)33)30-19-7-5-6-18(27)23(19)26/h5-7,12-15H,4,8-11H2,1-3H3,(H2,28,33)(H,29,30). The molecule has 1 fully saturated rings. The number of pyridine rings is 1. The number of halogens is 2. The molecule has 3 N–H and O–H groups in total. The number of carbonyl (C=O) groups is 1. The number of rotatable bonds is 7. The Morgan fingerprint density at radius 1 is 1.26 bits per heavy atom. The lowest BCUT2D eigenvalue weighted by molar-refractivity contribution is 0.100. The average molecular weight is 486 g/mol. The summed E-state index contributed by atoms with van der Waals surface area (Å²) in [5, 5.41) is 3.73. The molecule has 3 aromatic rings. The van der Waals surface area contributed by atoms with Gasteiger partial charge in [0.15, 0.2) is 0 Å². The third-order valence-corrected chi connectivity index (χ3v) is 6.49. The fourth-order valence-electron chi connectivity index (χ4n) is 4.26. The molecule has 9 heteroatoms. The van der Waals surface area contributed by atoms with E-state index < -0.39 is 11.7 Å². The van der Waals surface area contributed by atoms with Gasteiger partial charge < -0.3 is 20.7 Å². The number of aromatic nitrogens is 1. The second kappa shape index (κ2) is 10.0. The smallest absolute Gasteiger partial charge is 0.252 e. The molecule has 1 aliphatic rings. The first kappa shape index (κ1) is 24.0. The lowest BCUT2D eigenvalue weighted by Crippen LogP contribution is -2.49. The van der Waals surface area contributed by atoms with Gasteiger partial charge >= 0.3 is 0 Å². The molecule has 1 aromatic heterocycles. The van der Waals surface area contributed by atoms with Crippen molar-refractivity contribution in [1.82, 2.24) is 9.88 Å². The van der Waals surface area contributed by atoms with Gasteiger partial charge in [-0.1, -0.05) is 17.7 Å². The molecule has 4 rings (SSSR count). The summed E-state index contributed by atoms with van der Waals surface area (Å²) in [4.78, 5) is 21.4. The molecule has 0 radical (unpaired) electrons. The number of nitrogens with two attached hydrogens (primary N) is 1. The van der Waals surface area contributed by atoms with Crippen molar-refractivity contribution in [2.45, 2.75) is 26.8 Å². The van der Waals surface area contributed by atoms with E-state index in [1.54, 1.807) is 12.1 Å². The fraction of sp³-hybridized carbons (Fsp3) is 0.360. The van der Waals surface area contributed by atoms with E-state index in [0.717, 1.165) is 37.6 Å². The van der Waals surface area contributed by atoms with Crippen molar-refractivity contribution in [2.24, 2.45) is 5.73 Å². The molecule has 1 saturated heterocycles. The van der Waals surface area contributed by atoms with Crippen LogP contribution in [0.25, 0.3) is 10.9 Å². The number of hydrogen-bond acceptors (Lipinski definition) is 6. The quantitative estimate of drug-likeness (QED) is 0.500. The molecule has 180 valence electrons. The summed E-state index contributed by atoms with van der Waals surface area (Å²) < 4.78 is 20.1. The van der Waals surface area contributed by atoms with Crippen LogP contribution in [0.1, 0.15) is 31.1 Å². The zero-order valence-electron chi connectivity index (χ0n) is 19.6. The van der Waals surface area contributed by atoms with Gasteiger partial charge in [0.2, 0.25) is 0 Å². The van der Waals surface area contributed by atoms with E-state index in [0.29, 0.717) is 34.9 Å². The Morgan fingerprint density at radius 3 is 2.65 bits per heavy atom. The molecule has 1 amide bonds. The summed E-state index contributed by atoms with van der Waals surface area (Å²) in [5.74, 6) is -0.486. The highest BCUT2D eigenvalue weighted by Gasteiger charge is 2.24. The van der Waals surface area contributed by atoms with Gasteiger partial charge in [-0.25, -0.2) is 4.39 Å². The predicted molar refractivity (Wildman–Crippen MR) is 135 cm³/mol. The van der Waals surface area contributed by atoms with Crippen LogP contribution in [0.3, 0.4) is 0 Å². The van der Waals surface area contributed by atoms with E-state index in [9.17, 15) is 9.18 Å². The van der Waals surface area contributed by atoms with E-state index in [1.807, 2.05) is 19.1 Å². The summed E-state index contributed by atoms with van der Waals surface area (Å²) in [7, 11) is 0. The predicted octanol–water partition coefficient (Wildman–Crippen LogP) is 4.80. The molecule has 2 heterocycles. The molecule has 0 bridgehead atoms. The Kier molecular flexibility index (Phi) is 7.09. The number of anilines is 3. The number of piperazine rings is 1. The van der Waals surface area contributed by atoms with Gasteiger partial charge in [0.25, 0.3) is 5.91 Å². The molecule has 0 spiro atoms. The molecular formula is C25H29ClFN5O2. The lowest BCUT2D eigenvalue weighted by atomic mass is 10.1. The minimum absolute atomic E-state index is 0.0705. The first-order valence-corrected chi connectivity index (χ1v) is 11.8. The summed E-state index contributed by atoms with van der Waals surface area (Å²) >= 11 is 6.18. The number of nitrogens with zero attached hydrogens (tertiary/aromatic N) is 3. The van der Waals surface area contributed by atoms with Gasteiger partial charge in [-0.3, -0.25) is 14.7 Å². The number of benzene rings is 2. The molecule has 0 unspecified atom stereocenters. The summed E-state index contributed by atoms with van der Waals surface area (Å²) in [5.41, 5.74) is 8.14. The maximum Gasteiger partial charge on any atom is 0.252 e. The van der Waals surface area contributed by atoms with Crippen LogP contribution in [0.5, 0.6) is 5.75 Å². The number of fused-ring (bicyclic) bond motifs is 1. The van der Waals surface area contributed by atoms with Gasteiger partial charge in [-0.2, -0.15) is 0 Å². The van der Waals surface area contributed by atoms with Gasteiger partial charge in [0.05, 0.1) is 39.8 Å². The SMILES string of the molecule is CCOc1cc2ncc(C(N)=O)c(Nc3cccc(F)c3Cl)c2cc1N1CCN(C(C)C)CC1. The topological polar surface area (TPSA) is 83.7 Å². The monoisotopic (exact) mass is 485 g/mol. The van der Waals surface area contributed by atoms with Gasteiger partial charge in [-0.15, -0.1) is 0 Å². The molecule has 7 nitrogen and oxygen atoms in total. The number of ether oxygens (including phenoxy) is 1. The highest BCUT2D eigenvalue weighted by molar-refractivity contribution is 6.33. The van der Waals surface area contributed by atoms with Crippen LogP contribution in [0.4, 0.5) is 21.5 Å². The van der Waals surface area contributed by atoms with Crippen LogP contribution in [0.15, 0.2) is 36.5 Å². The zero-order valence-corrected chi connectivity index (χ0v) is 20.3. The van der Waals surface area contributed by atoms with Crippen LogP contribution in [0, 0.1) is 5.82 Å². The molecule has 0 saturated carbocycles. The Balaban J connectivity index is 1.84. The van der Waals surface area contributed by atoms with E-state index in [4.69, 9.17) is 22.1 Å². The van der Waals surface area contributed by atoms with Crippen LogP contribution in [-0.4, -0.2) is 54.6 Å². The van der Waals surface area contributed by atoms with E-state index in [2.05, 4.69) is 33.9 Å². The van der Waals surface area contributed by atoms with Crippen molar-refractivity contribution in [3.8, 4) is 5.75 Å². The van der Waals surface area contributed by atoms with E-state index in [1.165, 1.54) is 12.3 Å². The average Bonchev–Trinajstić information content (AvgIpc) is 2.82. The molecule has 2 aromatic carbocycles. The first-order valence-electron chi connectivity index (χ1n) is 11.4. The minimum Gasteiger partial charge on any atom is -0.492 e. The van der Waals surface area contributed by atoms with Crippen LogP contribution < -0.4 is 20.7 Å². The Hall–Kier alpha value is -3.10. The van der Waals surface area contributed by atoms with E-state index in [-0.39, 0.29) is 10.6 Å². The van der Waals surface area contributed by atoms with E-state index >= 15 is 0 Å². The largest absolute Gasteiger partial charge is 0.492 e. The Labute approximate surface area is 203 Å². The number of amides is 1. The molecular weight excluding hydrogens is 457 g/mol. The second-order valence-electron chi connectivity index (χ2n) is 8.52. The van der Waals surface area contributed by atoms with Crippen molar-refractivity contribution in [1.29, 1.82) is 0 Å². The fourth-order valence-corrected chi connectivity index (χ4v) is 4.44. The molecule has 0 aliphatic carbocycles. The summed E-state index contributed by atoms with van der Waals surface area (Å²) in [6.07, 6.45) is 1.41. The van der Waals surface area contributed by atoms with Crippen LogP contribution in [-0.2, 0) is 0 Å². The maximum atomic E-state index is 14.1.